The van der Waals surface area contributed by atoms with E-state index < -0.39 is 18.0 Å². The van der Waals surface area contributed by atoms with Crippen molar-refractivity contribution in [2.75, 3.05) is 44.4 Å². The summed E-state index contributed by atoms with van der Waals surface area (Å²) in [7, 11) is 0. The van der Waals surface area contributed by atoms with E-state index in [2.05, 4.69) is 4.90 Å². The third-order valence-corrected chi connectivity index (χ3v) is 4.48. The maximum absolute atomic E-state index is 14.2. The number of cyclic esters (lactones) is 1. The number of benzene rings is 1. The number of anilines is 1. The molecule has 0 spiro atoms. The lowest BCUT2D eigenvalue weighted by Crippen LogP contribution is -2.36. The first kappa shape index (κ1) is 17.0. The number of ether oxygens (including phenoxy) is 2. The zero-order valence-electron chi connectivity index (χ0n) is 13.6. The molecule has 6 nitrogen and oxygen atoms in total. The summed E-state index contributed by atoms with van der Waals surface area (Å²) < 4.78 is 24.7. The highest BCUT2D eigenvalue weighted by atomic mass is 19.1. The molecule has 0 bridgehead atoms. The van der Waals surface area contributed by atoms with E-state index in [1.54, 1.807) is 6.07 Å². The highest BCUT2D eigenvalue weighted by Crippen LogP contribution is 2.28. The van der Waals surface area contributed by atoms with Crippen molar-refractivity contribution in [3.63, 3.8) is 0 Å². The smallest absolute Gasteiger partial charge is 0.414 e. The van der Waals surface area contributed by atoms with Crippen LogP contribution in [0.25, 0.3) is 0 Å². The van der Waals surface area contributed by atoms with Gasteiger partial charge in [0.05, 0.1) is 18.3 Å². The van der Waals surface area contributed by atoms with Crippen LogP contribution in [0.1, 0.15) is 19.3 Å². The molecule has 1 aromatic carbocycles. The number of carbonyl (C=O) groups excluding carboxylic acids is 1. The molecule has 1 N–H and O–H groups in total. The van der Waals surface area contributed by atoms with Crippen molar-refractivity contribution in [3.8, 4) is 5.75 Å². The average Bonchev–Trinajstić information content (AvgIpc) is 2.98. The van der Waals surface area contributed by atoms with Crippen LogP contribution in [0.15, 0.2) is 18.2 Å². The fourth-order valence-corrected chi connectivity index (χ4v) is 3.14. The number of piperidine rings is 1. The highest BCUT2D eigenvalue weighted by molar-refractivity contribution is 5.90. The largest absolute Gasteiger partial charge is 0.489 e. The molecule has 0 aliphatic carbocycles. The minimum absolute atomic E-state index is 0.102. The van der Waals surface area contributed by atoms with Crippen molar-refractivity contribution in [2.24, 2.45) is 0 Å². The van der Waals surface area contributed by atoms with E-state index in [9.17, 15) is 14.3 Å². The fraction of sp³-hybridized carbons (Fsp3) is 0.588. The number of amides is 1. The van der Waals surface area contributed by atoms with Crippen LogP contribution in [0.2, 0.25) is 0 Å². The lowest BCUT2D eigenvalue weighted by Gasteiger charge is -2.26. The van der Waals surface area contributed by atoms with Gasteiger partial charge in [0.1, 0.15) is 13.2 Å². The van der Waals surface area contributed by atoms with Gasteiger partial charge in [-0.1, -0.05) is 6.42 Å². The summed E-state index contributed by atoms with van der Waals surface area (Å²) >= 11 is 0. The molecule has 7 heteroatoms. The van der Waals surface area contributed by atoms with Crippen LogP contribution in [0.4, 0.5) is 14.9 Å². The predicted molar refractivity (Wildman–Crippen MR) is 86.9 cm³/mol. The Balaban J connectivity index is 1.59. The minimum Gasteiger partial charge on any atom is -0.489 e. The number of carbonyl (C=O) groups is 1. The first-order valence-corrected chi connectivity index (χ1v) is 8.40. The fourth-order valence-electron chi connectivity index (χ4n) is 3.14. The van der Waals surface area contributed by atoms with Crippen LogP contribution < -0.4 is 9.64 Å². The maximum atomic E-state index is 14.2. The Morgan fingerprint density at radius 2 is 2.08 bits per heavy atom. The normalized spacial score (nSPS) is 21.8. The standard InChI is InChI=1S/C17H23FN2O4/c18-15-10-13(20-14(11-21)12-24-17(20)22)4-5-16(15)23-9-8-19-6-2-1-3-7-19/h4-5,10,14,21H,1-3,6-9,11-12H2. The minimum atomic E-state index is -0.577. The van der Waals surface area contributed by atoms with Gasteiger partial charge in [-0.2, -0.15) is 0 Å². The second kappa shape index (κ2) is 7.81. The molecule has 2 aliphatic heterocycles. The van der Waals surface area contributed by atoms with Crippen molar-refractivity contribution in [2.45, 2.75) is 25.3 Å². The van der Waals surface area contributed by atoms with Gasteiger partial charge in [0.2, 0.25) is 0 Å². The molecule has 1 amide bonds. The summed E-state index contributed by atoms with van der Waals surface area (Å²) in [5.41, 5.74) is 0.359. The van der Waals surface area contributed by atoms with Crippen molar-refractivity contribution in [3.05, 3.63) is 24.0 Å². The molecule has 1 atom stereocenters. The van der Waals surface area contributed by atoms with Gasteiger partial charge in [0.25, 0.3) is 0 Å². The summed E-state index contributed by atoms with van der Waals surface area (Å²) in [5, 5.41) is 9.28. The lowest BCUT2D eigenvalue weighted by atomic mass is 10.1. The third-order valence-electron chi connectivity index (χ3n) is 4.48. The molecule has 24 heavy (non-hydrogen) atoms. The molecule has 1 unspecified atom stereocenters. The molecule has 0 radical (unpaired) electrons. The Labute approximate surface area is 140 Å². The summed E-state index contributed by atoms with van der Waals surface area (Å²) in [6.45, 7) is 3.23. The molecule has 0 saturated carbocycles. The highest BCUT2D eigenvalue weighted by Gasteiger charge is 2.34. The van der Waals surface area contributed by atoms with Crippen molar-refractivity contribution in [1.82, 2.24) is 4.90 Å². The van der Waals surface area contributed by atoms with Crippen LogP contribution in [-0.4, -0.2) is 61.6 Å². The Hall–Kier alpha value is -1.86. The van der Waals surface area contributed by atoms with E-state index >= 15 is 0 Å². The molecule has 2 fully saturated rings. The number of aliphatic hydroxyl groups is 1. The van der Waals surface area contributed by atoms with Gasteiger partial charge >= 0.3 is 6.09 Å². The van der Waals surface area contributed by atoms with Gasteiger partial charge in [0, 0.05) is 12.6 Å². The van der Waals surface area contributed by atoms with Gasteiger partial charge in [-0.3, -0.25) is 9.80 Å². The molecule has 2 aliphatic rings. The number of nitrogens with zero attached hydrogens (tertiary/aromatic N) is 2. The van der Waals surface area contributed by atoms with Gasteiger partial charge < -0.3 is 14.6 Å². The van der Waals surface area contributed by atoms with Gasteiger partial charge in [-0.05, 0) is 38.1 Å². The average molecular weight is 338 g/mol. The molecule has 0 aromatic heterocycles. The lowest BCUT2D eigenvalue weighted by molar-refractivity contribution is 0.174. The van der Waals surface area contributed by atoms with Crippen LogP contribution in [0.3, 0.4) is 0 Å². The van der Waals surface area contributed by atoms with Gasteiger partial charge in [-0.15, -0.1) is 0 Å². The van der Waals surface area contributed by atoms with Crippen molar-refractivity contribution >= 4 is 11.8 Å². The molecule has 2 heterocycles. The SMILES string of the molecule is O=C1OCC(CO)N1c1ccc(OCCN2CCCCC2)c(F)c1. The number of aliphatic hydroxyl groups excluding tert-OH is 1. The third kappa shape index (κ3) is 3.79. The molecule has 2 saturated heterocycles. The van der Waals surface area contributed by atoms with Crippen molar-refractivity contribution < 1.29 is 23.8 Å². The number of hydrogen-bond acceptors (Lipinski definition) is 5. The zero-order chi connectivity index (χ0) is 16.9. The van der Waals surface area contributed by atoms with Gasteiger partial charge in [0.15, 0.2) is 11.6 Å². The van der Waals surface area contributed by atoms with E-state index in [0.29, 0.717) is 12.3 Å². The first-order valence-electron chi connectivity index (χ1n) is 8.40. The summed E-state index contributed by atoms with van der Waals surface area (Å²) in [6, 6.07) is 3.88. The van der Waals surface area contributed by atoms with Crippen LogP contribution in [-0.2, 0) is 4.74 Å². The predicted octanol–water partition coefficient (Wildman–Crippen LogP) is 2.01. The second-order valence-corrected chi connectivity index (χ2v) is 6.15. The van der Waals surface area contributed by atoms with Crippen LogP contribution >= 0.6 is 0 Å². The zero-order valence-corrected chi connectivity index (χ0v) is 13.6. The van der Waals surface area contributed by atoms with E-state index in [-0.39, 0.29) is 19.0 Å². The monoisotopic (exact) mass is 338 g/mol. The number of halogens is 1. The molecule has 132 valence electrons. The number of hydrogen-bond donors (Lipinski definition) is 1. The van der Waals surface area contributed by atoms with Crippen LogP contribution in [0.5, 0.6) is 5.75 Å². The van der Waals surface area contributed by atoms with E-state index in [1.807, 2.05) is 0 Å². The Bertz CT molecular complexity index is 578. The Morgan fingerprint density at radius 1 is 1.29 bits per heavy atom. The van der Waals surface area contributed by atoms with E-state index in [1.165, 1.54) is 36.3 Å². The van der Waals surface area contributed by atoms with E-state index in [0.717, 1.165) is 19.6 Å². The molecule has 1 aromatic rings. The summed E-state index contributed by atoms with van der Waals surface area (Å²) in [5.74, 6) is -0.355. The van der Waals surface area contributed by atoms with E-state index in [4.69, 9.17) is 9.47 Å². The topological polar surface area (TPSA) is 62.2 Å². The quantitative estimate of drug-likeness (QED) is 0.860. The number of likely N-dealkylation sites (tertiary alicyclic amines) is 1. The molecule has 3 rings (SSSR count). The van der Waals surface area contributed by atoms with Crippen LogP contribution in [0, 0.1) is 5.82 Å². The Kier molecular flexibility index (Phi) is 5.52. The first-order chi connectivity index (χ1) is 11.7. The second-order valence-electron chi connectivity index (χ2n) is 6.15. The van der Waals surface area contributed by atoms with Crippen molar-refractivity contribution in [1.29, 1.82) is 0 Å². The summed E-state index contributed by atoms with van der Waals surface area (Å²) in [4.78, 5) is 15.3. The molecular weight excluding hydrogens is 315 g/mol. The summed E-state index contributed by atoms with van der Waals surface area (Å²) in [6.07, 6.45) is 3.12. The number of rotatable bonds is 6. The molecular formula is C17H23FN2O4. The van der Waals surface area contributed by atoms with Gasteiger partial charge in [-0.25, -0.2) is 9.18 Å². The maximum Gasteiger partial charge on any atom is 0.414 e. The Morgan fingerprint density at radius 3 is 2.79 bits per heavy atom.